The molecule has 0 saturated heterocycles. The molecule has 3 N–H and O–H groups in total. The van der Waals surface area contributed by atoms with Gasteiger partial charge in [-0.15, -0.1) is 0 Å². The summed E-state index contributed by atoms with van der Waals surface area (Å²) in [5.74, 6) is -1.17. The van der Waals surface area contributed by atoms with Gasteiger partial charge in [0.1, 0.15) is 11.3 Å². The van der Waals surface area contributed by atoms with Gasteiger partial charge < -0.3 is 20.2 Å². The van der Waals surface area contributed by atoms with Gasteiger partial charge in [0.25, 0.3) is 5.56 Å². The van der Waals surface area contributed by atoms with E-state index in [0.29, 0.717) is 32.8 Å². The van der Waals surface area contributed by atoms with Crippen LogP contribution in [-0.4, -0.2) is 17.6 Å². The first kappa shape index (κ1) is 18.1. The molecule has 0 fully saturated rings. The number of pyridine rings is 1. The number of ether oxygens (including phenoxy) is 2. The molecule has 0 saturated carbocycles. The van der Waals surface area contributed by atoms with E-state index in [9.17, 15) is 9.59 Å². The Labute approximate surface area is 165 Å². The summed E-state index contributed by atoms with van der Waals surface area (Å²) in [7, 11) is 0. The van der Waals surface area contributed by atoms with E-state index in [1.165, 1.54) is 0 Å². The third-order valence-corrected chi connectivity index (χ3v) is 4.88. The monoisotopic (exact) mass is 396 g/mol. The minimum atomic E-state index is -0.769. The Hall–Kier alpha value is -3.25. The molecule has 28 heavy (non-hydrogen) atoms. The van der Waals surface area contributed by atoms with Gasteiger partial charge in [0.2, 0.25) is 5.88 Å². The molecule has 0 unspecified atom stereocenters. The number of rotatable bonds is 3. The van der Waals surface area contributed by atoms with Crippen molar-refractivity contribution in [1.82, 2.24) is 4.98 Å². The van der Waals surface area contributed by atoms with E-state index in [0.717, 1.165) is 0 Å². The van der Waals surface area contributed by atoms with Crippen molar-refractivity contribution < 1.29 is 14.3 Å². The molecule has 1 atom stereocenters. The molecule has 0 spiro atoms. The lowest BCUT2D eigenvalue weighted by Crippen LogP contribution is -2.32. The lowest BCUT2D eigenvalue weighted by Gasteiger charge is -2.28. The average molecular weight is 397 g/mol. The molecular weight excluding hydrogens is 380 g/mol. The number of benzene rings is 2. The molecule has 1 aliphatic rings. The highest BCUT2D eigenvalue weighted by Gasteiger charge is 2.38. The Bertz CT molecular complexity index is 1180. The molecule has 0 radical (unpaired) electrons. The van der Waals surface area contributed by atoms with Crippen LogP contribution < -0.4 is 16.0 Å². The SMILES string of the molecule is CCOC(=O)C1=C(N)Oc2c(c(=O)[nH]c3ccccc23)[C@H]1c1cccc(Cl)c1. The first-order valence-electron chi connectivity index (χ1n) is 8.76. The fourth-order valence-electron chi connectivity index (χ4n) is 3.50. The van der Waals surface area contributed by atoms with Gasteiger partial charge in [-0.05, 0) is 36.8 Å². The fourth-order valence-corrected chi connectivity index (χ4v) is 3.70. The summed E-state index contributed by atoms with van der Waals surface area (Å²) in [4.78, 5) is 28.5. The lowest BCUT2D eigenvalue weighted by molar-refractivity contribution is -0.139. The summed E-state index contributed by atoms with van der Waals surface area (Å²) >= 11 is 6.17. The van der Waals surface area contributed by atoms with Crippen molar-refractivity contribution >= 4 is 28.5 Å². The van der Waals surface area contributed by atoms with E-state index >= 15 is 0 Å². The molecule has 0 amide bonds. The zero-order valence-electron chi connectivity index (χ0n) is 15.0. The minimum absolute atomic E-state index is 0.0809. The number of aromatic nitrogens is 1. The van der Waals surface area contributed by atoms with Crippen LogP contribution in [0.1, 0.15) is 24.0 Å². The molecule has 3 aromatic rings. The number of fused-ring (bicyclic) bond motifs is 3. The largest absolute Gasteiger partial charge is 0.462 e. The van der Waals surface area contributed by atoms with Gasteiger partial charge in [-0.25, -0.2) is 4.79 Å². The zero-order chi connectivity index (χ0) is 19.8. The number of carbonyl (C=O) groups excluding carboxylic acids is 1. The molecular formula is C21H17ClN2O4. The second kappa shape index (κ2) is 7.05. The van der Waals surface area contributed by atoms with Crippen molar-refractivity contribution in [3.63, 3.8) is 0 Å². The summed E-state index contributed by atoms with van der Waals surface area (Å²) in [6.07, 6.45) is 0. The number of hydrogen-bond donors (Lipinski definition) is 2. The third kappa shape index (κ3) is 2.92. The van der Waals surface area contributed by atoms with E-state index in [2.05, 4.69) is 4.98 Å². The number of esters is 1. The number of nitrogens with two attached hydrogens (primary N) is 1. The van der Waals surface area contributed by atoms with Crippen molar-refractivity contribution in [1.29, 1.82) is 0 Å². The van der Waals surface area contributed by atoms with Gasteiger partial charge in [-0.1, -0.05) is 35.9 Å². The first-order valence-corrected chi connectivity index (χ1v) is 9.14. The Balaban J connectivity index is 2.05. The topological polar surface area (TPSA) is 94.4 Å². The Morgan fingerprint density at radius 1 is 1.25 bits per heavy atom. The molecule has 4 rings (SSSR count). The standard InChI is InChI=1S/C21H17ClN2O4/c1-2-27-21(26)17-15(11-6-5-7-12(22)10-11)16-18(28-19(17)23)13-8-3-4-9-14(13)24-20(16)25/h3-10,15H,2,23H2,1H3,(H,24,25)/t15-/m1/s1. The summed E-state index contributed by atoms with van der Waals surface area (Å²) in [5, 5.41) is 1.17. The van der Waals surface area contributed by atoms with Crippen LogP contribution in [0.3, 0.4) is 0 Å². The van der Waals surface area contributed by atoms with E-state index in [1.807, 2.05) is 18.2 Å². The van der Waals surface area contributed by atoms with Crippen molar-refractivity contribution in [3.8, 4) is 5.75 Å². The summed E-state index contributed by atoms with van der Waals surface area (Å²) in [6.45, 7) is 1.86. The van der Waals surface area contributed by atoms with Crippen LogP contribution in [0.4, 0.5) is 0 Å². The van der Waals surface area contributed by atoms with Gasteiger partial charge in [-0.3, -0.25) is 4.79 Å². The summed E-state index contributed by atoms with van der Waals surface area (Å²) in [6, 6.07) is 14.2. The van der Waals surface area contributed by atoms with Crippen LogP contribution in [0.15, 0.2) is 64.8 Å². The van der Waals surface area contributed by atoms with Crippen LogP contribution >= 0.6 is 11.6 Å². The average Bonchev–Trinajstić information content (AvgIpc) is 2.67. The van der Waals surface area contributed by atoms with E-state index in [1.54, 1.807) is 37.3 Å². The highest BCUT2D eigenvalue weighted by molar-refractivity contribution is 6.30. The van der Waals surface area contributed by atoms with Gasteiger partial charge in [-0.2, -0.15) is 0 Å². The van der Waals surface area contributed by atoms with Crippen molar-refractivity contribution in [2.24, 2.45) is 5.73 Å². The number of carbonyl (C=O) groups is 1. The number of hydrogen-bond acceptors (Lipinski definition) is 5. The predicted molar refractivity (Wildman–Crippen MR) is 106 cm³/mol. The molecule has 2 heterocycles. The number of halogens is 1. The van der Waals surface area contributed by atoms with E-state index < -0.39 is 11.9 Å². The predicted octanol–water partition coefficient (Wildman–Crippen LogP) is 3.44. The normalized spacial score (nSPS) is 15.9. The second-order valence-electron chi connectivity index (χ2n) is 6.33. The Morgan fingerprint density at radius 3 is 2.79 bits per heavy atom. The minimum Gasteiger partial charge on any atom is -0.462 e. The lowest BCUT2D eigenvalue weighted by atomic mass is 9.83. The summed E-state index contributed by atoms with van der Waals surface area (Å²) < 4.78 is 11.0. The maximum absolute atomic E-state index is 13.0. The van der Waals surface area contributed by atoms with Gasteiger partial charge in [0.15, 0.2) is 0 Å². The van der Waals surface area contributed by atoms with E-state index in [4.69, 9.17) is 26.8 Å². The van der Waals surface area contributed by atoms with E-state index in [-0.39, 0.29) is 23.6 Å². The van der Waals surface area contributed by atoms with Gasteiger partial charge in [0.05, 0.1) is 23.6 Å². The maximum atomic E-state index is 13.0. The quantitative estimate of drug-likeness (QED) is 0.661. The maximum Gasteiger partial charge on any atom is 0.340 e. The molecule has 142 valence electrons. The fraction of sp³-hybridized carbons (Fsp3) is 0.143. The van der Waals surface area contributed by atoms with Crippen molar-refractivity contribution in [2.75, 3.05) is 6.61 Å². The van der Waals surface area contributed by atoms with Gasteiger partial charge in [0, 0.05) is 10.4 Å². The smallest absolute Gasteiger partial charge is 0.340 e. The molecule has 0 aliphatic carbocycles. The van der Waals surface area contributed by atoms with Crippen LogP contribution in [0.25, 0.3) is 10.9 Å². The number of nitrogens with one attached hydrogen (secondary N) is 1. The zero-order valence-corrected chi connectivity index (χ0v) is 15.7. The Kier molecular flexibility index (Phi) is 4.57. The molecule has 2 aromatic carbocycles. The molecule has 1 aliphatic heterocycles. The second-order valence-corrected chi connectivity index (χ2v) is 6.77. The molecule has 6 nitrogen and oxygen atoms in total. The Morgan fingerprint density at radius 2 is 2.04 bits per heavy atom. The molecule has 1 aromatic heterocycles. The number of para-hydroxylation sites is 1. The first-order chi connectivity index (χ1) is 13.5. The molecule has 7 heteroatoms. The number of H-pyrrole nitrogens is 1. The highest BCUT2D eigenvalue weighted by Crippen LogP contribution is 2.43. The number of aromatic amines is 1. The van der Waals surface area contributed by atoms with Crippen molar-refractivity contribution in [3.05, 3.63) is 86.5 Å². The third-order valence-electron chi connectivity index (χ3n) is 4.64. The van der Waals surface area contributed by atoms with Crippen LogP contribution in [0, 0.1) is 0 Å². The molecule has 0 bridgehead atoms. The summed E-state index contributed by atoms with van der Waals surface area (Å²) in [5.41, 5.74) is 7.40. The highest BCUT2D eigenvalue weighted by atomic mass is 35.5. The van der Waals surface area contributed by atoms with Crippen LogP contribution in [0.5, 0.6) is 5.75 Å². The van der Waals surface area contributed by atoms with Gasteiger partial charge >= 0.3 is 5.97 Å². The van der Waals surface area contributed by atoms with Crippen LogP contribution in [-0.2, 0) is 9.53 Å². The van der Waals surface area contributed by atoms with Crippen molar-refractivity contribution in [2.45, 2.75) is 12.8 Å². The van der Waals surface area contributed by atoms with Crippen LogP contribution in [0.2, 0.25) is 5.02 Å².